The fraction of sp³-hybridized carbons (Fsp3) is 0.471. The van der Waals surface area contributed by atoms with Crippen LogP contribution in [0.2, 0.25) is 0 Å². The number of benzene rings is 1. The van der Waals surface area contributed by atoms with E-state index in [1.54, 1.807) is 43.0 Å². The Bertz CT molecular complexity index is 878. The van der Waals surface area contributed by atoms with E-state index in [0.29, 0.717) is 37.2 Å². The maximum atomic E-state index is 12.8. The molecule has 7 nitrogen and oxygen atoms in total. The summed E-state index contributed by atoms with van der Waals surface area (Å²) in [5.41, 5.74) is -0.276. The van der Waals surface area contributed by atoms with Gasteiger partial charge in [-0.15, -0.1) is 0 Å². The van der Waals surface area contributed by atoms with Crippen molar-refractivity contribution < 1.29 is 9.53 Å². The van der Waals surface area contributed by atoms with Crippen LogP contribution >= 0.6 is 0 Å². The lowest BCUT2D eigenvalue weighted by molar-refractivity contribution is -0.138. The number of rotatable bonds is 3. The van der Waals surface area contributed by atoms with Gasteiger partial charge in [0.2, 0.25) is 5.91 Å². The van der Waals surface area contributed by atoms with Crippen LogP contribution in [0.15, 0.2) is 33.9 Å². The molecule has 7 heteroatoms. The van der Waals surface area contributed by atoms with Crippen molar-refractivity contribution in [3.8, 4) is 0 Å². The molecule has 1 saturated heterocycles. The highest BCUT2D eigenvalue weighted by Crippen LogP contribution is 2.16. The summed E-state index contributed by atoms with van der Waals surface area (Å²) in [5.74, 6) is -0.133. The summed E-state index contributed by atoms with van der Waals surface area (Å²) >= 11 is 0. The fourth-order valence-electron chi connectivity index (χ4n) is 3.14. The summed E-state index contributed by atoms with van der Waals surface area (Å²) in [4.78, 5) is 39.8. The van der Waals surface area contributed by atoms with Gasteiger partial charge < -0.3 is 9.64 Å². The predicted molar refractivity (Wildman–Crippen MR) is 90.3 cm³/mol. The van der Waals surface area contributed by atoms with Gasteiger partial charge in [-0.2, -0.15) is 0 Å². The Morgan fingerprint density at radius 3 is 2.54 bits per heavy atom. The quantitative estimate of drug-likeness (QED) is 0.826. The molecule has 3 rings (SSSR count). The van der Waals surface area contributed by atoms with Crippen molar-refractivity contribution in [3.63, 3.8) is 0 Å². The summed E-state index contributed by atoms with van der Waals surface area (Å²) in [5, 5.41) is 0.445. The second-order valence-electron chi connectivity index (χ2n) is 5.83. The summed E-state index contributed by atoms with van der Waals surface area (Å²) < 4.78 is 7.87. The molecule has 0 bridgehead atoms. The Labute approximate surface area is 139 Å². The number of amides is 1. The Balaban J connectivity index is 2.16. The van der Waals surface area contributed by atoms with Crippen LogP contribution in [0.4, 0.5) is 0 Å². The van der Waals surface area contributed by atoms with E-state index in [9.17, 15) is 14.4 Å². The van der Waals surface area contributed by atoms with E-state index < -0.39 is 11.7 Å². The number of para-hydroxylation sites is 1. The minimum Gasteiger partial charge on any atom is -0.378 e. The normalized spacial score (nSPS) is 16.3. The summed E-state index contributed by atoms with van der Waals surface area (Å²) in [6, 6.07) is 6.23. The van der Waals surface area contributed by atoms with Gasteiger partial charge in [0.15, 0.2) is 0 Å². The lowest BCUT2D eigenvalue weighted by atomic mass is 10.2. The molecule has 0 saturated carbocycles. The first-order valence-corrected chi connectivity index (χ1v) is 8.17. The number of hydrogen-bond acceptors (Lipinski definition) is 4. The second-order valence-corrected chi connectivity index (χ2v) is 5.83. The van der Waals surface area contributed by atoms with Crippen LogP contribution in [0.3, 0.4) is 0 Å². The van der Waals surface area contributed by atoms with Crippen molar-refractivity contribution in [1.82, 2.24) is 14.0 Å². The molecule has 1 amide bonds. The van der Waals surface area contributed by atoms with E-state index in [0.717, 1.165) is 0 Å². The molecule has 2 aromatic rings. The zero-order valence-electron chi connectivity index (χ0n) is 13.9. The van der Waals surface area contributed by atoms with Gasteiger partial charge in [0.05, 0.1) is 24.1 Å². The van der Waals surface area contributed by atoms with Crippen LogP contribution in [-0.2, 0) is 16.1 Å². The van der Waals surface area contributed by atoms with E-state index in [1.165, 1.54) is 9.13 Å². The van der Waals surface area contributed by atoms with Gasteiger partial charge in [-0.05, 0) is 26.0 Å². The van der Waals surface area contributed by atoms with Crippen LogP contribution in [0, 0.1) is 0 Å². The maximum Gasteiger partial charge on any atom is 0.332 e. The zero-order chi connectivity index (χ0) is 17.3. The van der Waals surface area contributed by atoms with Crippen LogP contribution in [0.1, 0.15) is 19.9 Å². The maximum absolute atomic E-state index is 12.8. The molecule has 0 aliphatic carbocycles. The summed E-state index contributed by atoms with van der Waals surface area (Å²) in [6.45, 7) is 5.76. The van der Waals surface area contributed by atoms with Crippen molar-refractivity contribution >= 4 is 16.8 Å². The second kappa shape index (κ2) is 6.60. The van der Waals surface area contributed by atoms with Gasteiger partial charge >= 0.3 is 5.69 Å². The van der Waals surface area contributed by atoms with E-state index in [4.69, 9.17) is 4.74 Å². The van der Waals surface area contributed by atoms with Crippen LogP contribution in [0.5, 0.6) is 0 Å². The van der Waals surface area contributed by atoms with Gasteiger partial charge in [-0.3, -0.25) is 18.7 Å². The van der Waals surface area contributed by atoms with Gasteiger partial charge in [0.1, 0.15) is 6.04 Å². The number of nitrogens with zero attached hydrogens (tertiary/aromatic N) is 3. The molecule has 1 unspecified atom stereocenters. The Morgan fingerprint density at radius 1 is 1.21 bits per heavy atom. The smallest absolute Gasteiger partial charge is 0.332 e. The van der Waals surface area contributed by atoms with Crippen molar-refractivity contribution in [2.75, 3.05) is 26.3 Å². The largest absolute Gasteiger partial charge is 0.378 e. The fourth-order valence-corrected chi connectivity index (χ4v) is 3.14. The Hall–Kier alpha value is -2.41. The van der Waals surface area contributed by atoms with Crippen LogP contribution in [0.25, 0.3) is 10.9 Å². The monoisotopic (exact) mass is 331 g/mol. The molecule has 1 atom stereocenters. The van der Waals surface area contributed by atoms with Gasteiger partial charge in [0, 0.05) is 19.6 Å². The molecular weight excluding hydrogens is 310 g/mol. The first-order chi connectivity index (χ1) is 11.6. The predicted octanol–water partition coefficient (Wildman–Crippen LogP) is 0.603. The molecule has 0 radical (unpaired) electrons. The van der Waals surface area contributed by atoms with E-state index in [-0.39, 0.29) is 18.0 Å². The van der Waals surface area contributed by atoms with Crippen LogP contribution in [-0.4, -0.2) is 46.2 Å². The van der Waals surface area contributed by atoms with E-state index in [1.807, 2.05) is 0 Å². The van der Waals surface area contributed by atoms with E-state index >= 15 is 0 Å². The molecule has 0 N–H and O–H groups in total. The molecule has 1 fully saturated rings. The first-order valence-electron chi connectivity index (χ1n) is 8.17. The topological polar surface area (TPSA) is 73.5 Å². The zero-order valence-corrected chi connectivity index (χ0v) is 13.9. The number of aromatic nitrogens is 2. The van der Waals surface area contributed by atoms with Gasteiger partial charge in [-0.1, -0.05) is 12.1 Å². The number of carbonyl (C=O) groups is 1. The summed E-state index contributed by atoms with van der Waals surface area (Å²) in [7, 11) is 0. The summed E-state index contributed by atoms with van der Waals surface area (Å²) in [6.07, 6.45) is 0. The third-order valence-corrected chi connectivity index (χ3v) is 4.46. The molecule has 1 aromatic heterocycles. The third kappa shape index (κ3) is 2.65. The number of carbonyl (C=O) groups excluding carboxylic acids is 1. The van der Waals surface area contributed by atoms with Gasteiger partial charge in [-0.25, -0.2) is 4.79 Å². The van der Waals surface area contributed by atoms with E-state index in [2.05, 4.69) is 0 Å². The molecule has 24 heavy (non-hydrogen) atoms. The minimum absolute atomic E-state index is 0.133. The van der Waals surface area contributed by atoms with Crippen LogP contribution < -0.4 is 11.2 Å². The lowest BCUT2D eigenvalue weighted by Gasteiger charge is -2.30. The number of fused-ring (bicyclic) bond motifs is 1. The molecule has 1 aromatic carbocycles. The average Bonchev–Trinajstić information content (AvgIpc) is 2.62. The molecule has 1 aliphatic rings. The molecule has 1 aliphatic heterocycles. The standard InChI is InChI=1S/C17H21N3O4/c1-3-19-16(22)13-6-4-5-7-14(13)20(17(19)23)12(2)15(21)18-8-10-24-11-9-18/h4-7,12H,3,8-11H2,1-2H3. The highest BCUT2D eigenvalue weighted by molar-refractivity contribution is 5.84. The highest BCUT2D eigenvalue weighted by Gasteiger charge is 2.26. The van der Waals surface area contributed by atoms with Gasteiger partial charge in [0.25, 0.3) is 5.56 Å². The molecule has 0 spiro atoms. The molecule has 2 heterocycles. The SMILES string of the molecule is CCn1c(=O)c2ccccc2n(C(C)C(=O)N2CCOCC2)c1=O. The van der Waals surface area contributed by atoms with Crippen molar-refractivity contribution in [2.24, 2.45) is 0 Å². The molecule has 128 valence electrons. The average molecular weight is 331 g/mol. The van der Waals surface area contributed by atoms with Crippen molar-refractivity contribution in [1.29, 1.82) is 0 Å². The number of hydrogen-bond donors (Lipinski definition) is 0. The molecular formula is C17H21N3O4. The highest BCUT2D eigenvalue weighted by atomic mass is 16.5. The Morgan fingerprint density at radius 2 is 1.88 bits per heavy atom. The first kappa shape index (κ1) is 16.4. The number of morpholine rings is 1. The van der Waals surface area contributed by atoms with Crippen molar-refractivity contribution in [2.45, 2.75) is 26.4 Å². The Kier molecular flexibility index (Phi) is 4.53. The minimum atomic E-state index is -0.682. The lowest BCUT2D eigenvalue weighted by Crippen LogP contribution is -2.47. The third-order valence-electron chi connectivity index (χ3n) is 4.46. The van der Waals surface area contributed by atoms with Crippen molar-refractivity contribution in [3.05, 3.63) is 45.1 Å². The number of ether oxygens (including phenoxy) is 1.